The summed E-state index contributed by atoms with van der Waals surface area (Å²) in [5, 5.41) is 11.9. The van der Waals surface area contributed by atoms with Crippen molar-refractivity contribution in [2.75, 3.05) is 17.6 Å². The number of aryl methyl sites for hydroxylation is 2. The van der Waals surface area contributed by atoms with Crippen LogP contribution in [0.1, 0.15) is 29.5 Å². The molecule has 2 atom stereocenters. The fourth-order valence-electron chi connectivity index (χ4n) is 3.47. The second-order valence-electron chi connectivity index (χ2n) is 7.98. The van der Waals surface area contributed by atoms with Crippen LogP contribution < -0.4 is 21.3 Å². The molecule has 1 fully saturated rings. The summed E-state index contributed by atoms with van der Waals surface area (Å²) in [5.41, 5.74) is 3.61. The molecule has 0 saturated carbocycles. The summed E-state index contributed by atoms with van der Waals surface area (Å²) in [4.78, 5) is 36.7. The van der Waals surface area contributed by atoms with Gasteiger partial charge in [0.1, 0.15) is 5.50 Å². The van der Waals surface area contributed by atoms with Crippen molar-refractivity contribution in [2.45, 2.75) is 44.6 Å². The Morgan fingerprint density at radius 1 is 1.09 bits per heavy atom. The lowest BCUT2D eigenvalue weighted by Gasteiger charge is -2.30. The average molecular weight is 455 g/mol. The van der Waals surface area contributed by atoms with Gasteiger partial charge in [-0.05, 0) is 43.0 Å². The van der Waals surface area contributed by atoms with Crippen molar-refractivity contribution < 1.29 is 14.4 Å². The number of hydrogen-bond donors (Lipinski definition) is 4. The summed E-state index contributed by atoms with van der Waals surface area (Å²) in [6.07, 6.45) is 1.21. The van der Waals surface area contributed by atoms with E-state index in [1.807, 2.05) is 62.4 Å². The Bertz CT molecular complexity index is 952. The Morgan fingerprint density at radius 2 is 1.88 bits per heavy atom. The number of thioether (sulfide) groups is 1. The van der Waals surface area contributed by atoms with Crippen LogP contribution >= 0.6 is 11.8 Å². The van der Waals surface area contributed by atoms with Gasteiger partial charge in [0.2, 0.25) is 17.7 Å². The van der Waals surface area contributed by atoms with Crippen LogP contribution in [-0.2, 0) is 20.8 Å². The molecule has 2 unspecified atom stereocenters. The van der Waals surface area contributed by atoms with Gasteiger partial charge in [-0.2, -0.15) is 0 Å². The Balaban J connectivity index is 1.41. The quantitative estimate of drug-likeness (QED) is 0.467. The van der Waals surface area contributed by atoms with Crippen molar-refractivity contribution in [3.63, 3.8) is 0 Å². The lowest BCUT2D eigenvalue weighted by Crippen LogP contribution is -2.56. The van der Waals surface area contributed by atoms with E-state index in [0.29, 0.717) is 6.54 Å². The maximum atomic E-state index is 12.4. The minimum Gasteiger partial charge on any atom is -0.356 e. The van der Waals surface area contributed by atoms with Crippen molar-refractivity contribution in [3.8, 4) is 0 Å². The zero-order valence-corrected chi connectivity index (χ0v) is 19.3. The van der Waals surface area contributed by atoms with Gasteiger partial charge >= 0.3 is 0 Å². The number of anilines is 1. The highest BCUT2D eigenvalue weighted by atomic mass is 32.2. The zero-order chi connectivity index (χ0) is 22.9. The van der Waals surface area contributed by atoms with Gasteiger partial charge in [-0.3, -0.25) is 19.7 Å². The first-order chi connectivity index (χ1) is 15.4. The molecule has 3 amide bonds. The van der Waals surface area contributed by atoms with E-state index >= 15 is 0 Å². The zero-order valence-electron chi connectivity index (χ0n) is 18.4. The topological polar surface area (TPSA) is 99.3 Å². The summed E-state index contributed by atoms with van der Waals surface area (Å²) in [6.45, 7) is 4.47. The molecule has 1 aliphatic rings. The van der Waals surface area contributed by atoms with E-state index in [0.717, 1.165) is 23.2 Å². The summed E-state index contributed by atoms with van der Waals surface area (Å²) >= 11 is 1.30. The van der Waals surface area contributed by atoms with Crippen molar-refractivity contribution in [1.82, 2.24) is 16.0 Å². The smallest absolute Gasteiger partial charge is 0.234 e. The standard InChI is InChI=1S/C24H30N4O3S/c1-16-8-9-17(2)20(12-16)27-23(31)15-32-24-26-19(14-22(30)28-24)13-21(29)25-11-10-18-6-4-3-5-7-18/h3-9,12,19,24,26H,10-11,13-15H2,1-2H3,(H,25,29)(H,27,31)(H,28,30). The second-order valence-corrected chi connectivity index (χ2v) is 9.08. The number of benzene rings is 2. The third-order valence-corrected chi connectivity index (χ3v) is 6.19. The fraction of sp³-hybridized carbons (Fsp3) is 0.375. The normalized spacial score (nSPS) is 18.0. The molecule has 0 aliphatic carbocycles. The molecular weight excluding hydrogens is 424 g/mol. The van der Waals surface area contributed by atoms with E-state index in [1.165, 1.54) is 17.3 Å². The Hall–Kier alpha value is -2.84. The molecule has 1 aliphatic heterocycles. The number of amides is 3. The van der Waals surface area contributed by atoms with Gasteiger partial charge in [0.05, 0.1) is 5.75 Å². The molecule has 8 heteroatoms. The summed E-state index contributed by atoms with van der Waals surface area (Å²) in [5.74, 6) is -0.176. The largest absolute Gasteiger partial charge is 0.356 e. The lowest BCUT2D eigenvalue weighted by molar-refractivity contribution is -0.125. The molecule has 2 aromatic rings. The van der Waals surface area contributed by atoms with E-state index in [1.54, 1.807) is 0 Å². The first-order valence-electron chi connectivity index (χ1n) is 10.7. The predicted molar refractivity (Wildman–Crippen MR) is 128 cm³/mol. The first-order valence-corrected chi connectivity index (χ1v) is 11.8. The molecule has 4 N–H and O–H groups in total. The Kier molecular flexibility index (Phi) is 8.70. The SMILES string of the molecule is Cc1ccc(C)c(NC(=O)CSC2NC(=O)CC(CC(=O)NCCc3ccccc3)N2)c1. The molecule has 32 heavy (non-hydrogen) atoms. The van der Waals surface area contributed by atoms with Gasteiger partial charge in [0.25, 0.3) is 0 Å². The molecule has 0 bridgehead atoms. The van der Waals surface area contributed by atoms with Crippen LogP contribution in [0.25, 0.3) is 0 Å². The van der Waals surface area contributed by atoms with Crippen LogP contribution in [0.15, 0.2) is 48.5 Å². The summed E-state index contributed by atoms with van der Waals surface area (Å²) in [6, 6.07) is 15.6. The summed E-state index contributed by atoms with van der Waals surface area (Å²) in [7, 11) is 0. The van der Waals surface area contributed by atoms with Crippen molar-refractivity contribution in [1.29, 1.82) is 0 Å². The third-order valence-electron chi connectivity index (χ3n) is 5.17. The maximum Gasteiger partial charge on any atom is 0.234 e. The van der Waals surface area contributed by atoms with Crippen molar-refractivity contribution >= 4 is 35.2 Å². The third kappa shape index (κ3) is 7.69. The Labute approximate surface area is 193 Å². The Morgan fingerprint density at radius 3 is 2.66 bits per heavy atom. The van der Waals surface area contributed by atoms with Gasteiger partial charge in [-0.25, -0.2) is 0 Å². The molecule has 170 valence electrons. The molecule has 3 rings (SSSR count). The predicted octanol–water partition coefficient (Wildman–Crippen LogP) is 2.49. The highest BCUT2D eigenvalue weighted by Crippen LogP contribution is 2.18. The molecule has 1 saturated heterocycles. The number of carbonyl (C=O) groups is 3. The van der Waals surface area contributed by atoms with Gasteiger partial charge in [-0.1, -0.05) is 42.5 Å². The van der Waals surface area contributed by atoms with Gasteiger partial charge < -0.3 is 16.0 Å². The van der Waals surface area contributed by atoms with Crippen LogP contribution in [0.4, 0.5) is 5.69 Å². The highest BCUT2D eigenvalue weighted by molar-refractivity contribution is 8.00. The van der Waals surface area contributed by atoms with E-state index in [2.05, 4.69) is 21.3 Å². The lowest BCUT2D eigenvalue weighted by atomic mass is 10.1. The van der Waals surface area contributed by atoms with Crippen LogP contribution in [0.2, 0.25) is 0 Å². The van der Waals surface area contributed by atoms with Crippen LogP contribution in [0.3, 0.4) is 0 Å². The summed E-state index contributed by atoms with van der Waals surface area (Å²) < 4.78 is 0. The second kappa shape index (κ2) is 11.7. The maximum absolute atomic E-state index is 12.4. The van der Waals surface area contributed by atoms with Gasteiger partial charge in [0.15, 0.2) is 0 Å². The van der Waals surface area contributed by atoms with Crippen LogP contribution in [0, 0.1) is 13.8 Å². The molecule has 1 heterocycles. The van der Waals surface area contributed by atoms with Crippen LogP contribution in [-0.4, -0.2) is 41.6 Å². The van der Waals surface area contributed by atoms with Gasteiger partial charge in [0, 0.05) is 31.1 Å². The number of hydrogen-bond acceptors (Lipinski definition) is 5. The van der Waals surface area contributed by atoms with E-state index < -0.39 is 5.50 Å². The molecule has 0 spiro atoms. The number of nitrogens with one attached hydrogen (secondary N) is 4. The fourth-order valence-corrected chi connectivity index (χ4v) is 4.36. The van der Waals surface area contributed by atoms with Gasteiger partial charge in [-0.15, -0.1) is 11.8 Å². The van der Waals surface area contributed by atoms with Crippen LogP contribution in [0.5, 0.6) is 0 Å². The minimum absolute atomic E-state index is 0.0930. The van der Waals surface area contributed by atoms with Crippen molar-refractivity contribution in [3.05, 3.63) is 65.2 Å². The van der Waals surface area contributed by atoms with Crippen molar-refractivity contribution in [2.24, 2.45) is 0 Å². The minimum atomic E-state index is -0.414. The molecule has 2 aromatic carbocycles. The molecular formula is C24H30N4O3S. The van der Waals surface area contributed by atoms with E-state index in [9.17, 15) is 14.4 Å². The average Bonchev–Trinajstić information content (AvgIpc) is 2.75. The van der Waals surface area contributed by atoms with E-state index in [4.69, 9.17) is 0 Å². The number of carbonyl (C=O) groups excluding carboxylic acids is 3. The van der Waals surface area contributed by atoms with E-state index in [-0.39, 0.29) is 42.4 Å². The first kappa shape index (κ1) is 23.8. The molecule has 7 nitrogen and oxygen atoms in total. The number of rotatable bonds is 9. The highest BCUT2D eigenvalue weighted by Gasteiger charge is 2.28. The monoisotopic (exact) mass is 454 g/mol. The molecule has 0 radical (unpaired) electrons. The molecule has 0 aromatic heterocycles.